The first-order valence-electron chi connectivity index (χ1n) is 7.54. The molecule has 1 fully saturated rings. The zero-order valence-electron chi connectivity index (χ0n) is 13.3. The number of halogens is 1. The Hall–Kier alpha value is -1.91. The van der Waals surface area contributed by atoms with E-state index in [-0.39, 0.29) is 6.10 Å². The predicted octanol–water partition coefficient (Wildman–Crippen LogP) is 3.62. The number of hydrogen-bond donors (Lipinski definition) is 0. The number of benzene rings is 2. The Labute approximate surface area is 141 Å². The molecule has 0 amide bonds. The van der Waals surface area contributed by atoms with Crippen molar-refractivity contribution in [3.05, 3.63) is 53.1 Å². The van der Waals surface area contributed by atoms with Crippen LogP contribution in [0.1, 0.15) is 5.56 Å². The average molecular weight is 334 g/mol. The lowest BCUT2D eigenvalue weighted by Crippen LogP contribution is -2.53. The Morgan fingerprint density at radius 1 is 1.00 bits per heavy atom. The SMILES string of the molecule is COc1cccc(CN2CC(Oc3ccccc3Cl)C2)c1OC. The quantitative estimate of drug-likeness (QED) is 0.808. The first kappa shape index (κ1) is 16.0. The molecule has 1 aliphatic rings. The monoisotopic (exact) mass is 333 g/mol. The maximum absolute atomic E-state index is 6.12. The summed E-state index contributed by atoms with van der Waals surface area (Å²) in [6.07, 6.45) is 0.173. The van der Waals surface area contributed by atoms with Gasteiger partial charge in [-0.15, -0.1) is 0 Å². The van der Waals surface area contributed by atoms with Crippen LogP contribution < -0.4 is 14.2 Å². The fraction of sp³-hybridized carbons (Fsp3) is 0.333. The van der Waals surface area contributed by atoms with Crippen LogP contribution in [0.15, 0.2) is 42.5 Å². The molecule has 23 heavy (non-hydrogen) atoms. The average Bonchev–Trinajstić information content (AvgIpc) is 2.54. The van der Waals surface area contributed by atoms with Crippen LogP contribution in [0.2, 0.25) is 5.02 Å². The largest absolute Gasteiger partial charge is 0.493 e. The van der Waals surface area contributed by atoms with Gasteiger partial charge in [0.15, 0.2) is 11.5 Å². The molecular formula is C18H20ClNO3. The third kappa shape index (κ3) is 3.54. The van der Waals surface area contributed by atoms with Crippen LogP contribution in [-0.4, -0.2) is 38.3 Å². The molecule has 0 unspecified atom stereocenters. The topological polar surface area (TPSA) is 30.9 Å². The Kier molecular flexibility index (Phi) is 4.94. The molecule has 2 aromatic rings. The Bertz CT molecular complexity index is 671. The molecule has 1 saturated heterocycles. The van der Waals surface area contributed by atoms with E-state index < -0.39 is 0 Å². The van der Waals surface area contributed by atoms with Gasteiger partial charge in [-0.1, -0.05) is 35.9 Å². The van der Waals surface area contributed by atoms with E-state index in [1.54, 1.807) is 14.2 Å². The highest BCUT2D eigenvalue weighted by Crippen LogP contribution is 2.33. The number of likely N-dealkylation sites (tertiary alicyclic amines) is 1. The van der Waals surface area contributed by atoms with Crippen LogP contribution >= 0.6 is 11.6 Å². The molecule has 1 aliphatic heterocycles. The van der Waals surface area contributed by atoms with Gasteiger partial charge in [0.05, 0.1) is 19.2 Å². The van der Waals surface area contributed by atoms with E-state index in [1.165, 1.54) is 0 Å². The number of nitrogens with zero attached hydrogens (tertiary/aromatic N) is 1. The van der Waals surface area contributed by atoms with E-state index in [0.717, 1.165) is 42.4 Å². The molecular weight excluding hydrogens is 314 g/mol. The molecule has 0 spiro atoms. The fourth-order valence-electron chi connectivity index (χ4n) is 2.77. The first-order valence-corrected chi connectivity index (χ1v) is 7.92. The summed E-state index contributed by atoms with van der Waals surface area (Å²) in [5.41, 5.74) is 1.11. The minimum atomic E-state index is 0.173. The minimum Gasteiger partial charge on any atom is -0.493 e. The fourth-order valence-corrected chi connectivity index (χ4v) is 2.95. The van der Waals surface area contributed by atoms with E-state index in [2.05, 4.69) is 11.0 Å². The van der Waals surface area contributed by atoms with Crippen molar-refractivity contribution >= 4 is 11.6 Å². The van der Waals surface area contributed by atoms with Gasteiger partial charge in [0, 0.05) is 25.2 Å². The van der Waals surface area contributed by atoms with Crippen molar-refractivity contribution < 1.29 is 14.2 Å². The van der Waals surface area contributed by atoms with Gasteiger partial charge in [-0.3, -0.25) is 4.90 Å². The number of para-hydroxylation sites is 2. The molecule has 5 heteroatoms. The van der Waals surface area contributed by atoms with Crippen LogP contribution in [0.3, 0.4) is 0 Å². The Balaban J connectivity index is 1.58. The zero-order chi connectivity index (χ0) is 16.2. The number of hydrogen-bond acceptors (Lipinski definition) is 4. The molecule has 122 valence electrons. The summed E-state index contributed by atoms with van der Waals surface area (Å²) in [4.78, 5) is 2.30. The molecule has 3 rings (SSSR count). The Morgan fingerprint density at radius 2 is 1.74 bits per heavy atom. The molecule has 2 aromatic carbocycles. The summed E-state index contributed by atoms with van der Waals surface area (Å²) >= 11 is 6.12. The van der Waals surface area contributed by atoms with Gasteiger partial charge in [0.25, 0.3) is 0 Å². The van der Waals surface area contributed by atoms with Gasteiger partial charge in [-0.25, -0.2) is 0 Å². The van der Waals surface area contributed by atoms with Gasteiger partial charge in [-0.2, -0.15) is 0 Å². The van der Waals surface area contributed by atoms with E-state index in [1.807, 2.05) is 36.4 Å². The number of ether oxygens (including phenoxy) is 3. The molecule has 4 nitrogen and oxygen atoms in total. The molecule has 0 bridgehead atoms. The highest BCUT2D eigenvalue weighted by molar-refractivity contribution is 6.32. The van der Waals surface area contributed by atoms with Crippen LogP contribution in [-0.2, 0) is 6.54 Å². The number of rotatable bonds is 6. The molecule has 0 atom stereocenters. The van der Waals surface area contributed by atoms with Crippen LogP contribution in [0, 0.1) is 0 Å². The van der Waals surface area contributed by atoms with Gasteiger partial charge in [-0.05, 0) is 18.2 Å². The maximum Gasteiger partial charge on any atom is 0.165 e. The lowest BCUT2D eigenvalue weighted by atomic mass is 10.1. The van der Waals surface area contributed by atoms with Crippen molar-refractivity contribution in [3.8, 4) is 17.2 Å². The van der Waals surface area contributed by atoms with Crippen molar-refractivity contribution in [2.45, 2.75) is 12.6 Å². The second kappa shape index (κ2) is 7.11. The molecule has 0 aromatic heterocycles. The van der Waals surface area contributed by atoms with Crippen LogP contribution in [0.5, 0.6) is 17.2 Å². The number of methoxy groups -OCH3 is 2. The van der Waals surface area contributed by atoms with Crippen LogP contribution in [0.25, 0.3) is 0 Å². The van der Waals surface area contributed by atoms with Gasteiger partial charge in [0.1, 0.15) is 11.9 Å². The van der Waals surface area contributed by atoms with E-state index in [9.17, 15) is 0 Å². The summed E-state index contributed by atoms with van der Waals surface area (Å²) in [5, 5.41) is 0.653. The second-order valence-corrected chi connectivity index (χ2v) is 5.92. The summed E-state index contributed by atoms with van der Waals surface area (Å²) < 4.78 is 16.7. The summed E-state index contributed by atoms with van der Waals surface area (Å²) in [7, 11) is 3.32. The third-order valence-electron chi connectivity index (χ3n) is 3.93. The van der Waals surface area contributed by atoms with Gasteiger partial charge in [0.2, 0.25) is 0 Å². The van der Waals surface area contributed by atoms with E-state index in [4.69, 9.17) is 25.8 Å². The van der Waals surface area contributed by atoms with Crippen molar-refractivity contribution in [3.63, 3.8) is 0 Å². The Morgan fingerprint density at radius 3 is 2.43 bits per heavy atom. The summed E-state index contributed by atoms with van der Waals surface area (Å²) in [6, 6.07) is 13.5. The first-order chi connectivity index (χ1) is 11.2. The lowest BCUT2D eigenvalue weighted by molar-refractivity contribution is 0.0142. The molecule has 0 N–H and O–H groups in total. The molecule has 0 saturated carbocycles. The molecule has 1 heterocycles. The highest BCUT2D eigenvalue weighted by atomic mass is 35.5. The van der Waals surface area contributed by atoms with E-state index >= 15 is 0 Å². The summed E-state index contributed by atoms with van der Waals surface area (Å²) in [6.45, 7) is 2.54. The van der Waals surface area contributed by atoms with Crippen molar-refractivity contribution in [2.24, 2.45) is 0 Å². The smallest absolute Gasteiger partial charge is 0.165 e. The van der Waals surface area contributed by atoms with Crippen molar-refractivity contribution in [1.82, 2.24) is 4.90 Å². The summed E-state index contributed by atoms with van der Waals surface area (Å²) in [5.74, 6) is 2.30. The molecule has 0 radical (unpaired) electrons. The zero-order valence-corrected chi connectivity index (χ0v) is 14.0. The minimum absolute atomic E-state index is 0.173. The van der Waals surface area contributed by atoms with E-state index in [0.29, 0.717) is 5.02 Å². The lowest BCUT2D eigenvalue weighted by Gasteiger charge is -2.39. The van der Waals surface area contributed by atoms with Gasteiger partial charge >= 0.3 is 0 Å². The normalized spacial score (nSPS) is 15.1. The second-order valence-electron chi connectivity index (χ2n) is 5.52. The highest BCUT2D eigenvalue weighted by Gasteiger charge is 2.29. The maximum atomic E-state index is 6.12. The molecule has 0 aliphatic carbocycles. The van der Waals surface area contributed by atoms with Gasteiger partial charge < -0.3 is 14.2 Å². The standard InChI is InChI=1S/C18H20ClNO3/c1-21-17-9-5-6-13(18(17)22-2)10-20-11-14(12-20)23-16-8-4-3-7-15(16)19/h3-9,14H,10-12H2,1-2H3. The van der Waals surface area contributed by atoms with Crippen molar-refractivity contribution in [2.75, 3.05) is 27.3 Å². The van der Waals surface area contributed by atoms with Crippen LogP contribution in [0.4, 0.5) is 0 Å². The predicted molar refractivity (Wildman–Crippen MR) is 90.7 cm³/mol. The third-order valence-corrected chi connectivity index (χ3v) is 4.24. The van der Waals surface area contributed by atoms with Crippen molar-refractivity contribution in [1.29, 1.82) is 0 Å².